The quantitative estimate of drug-likeness (QED) is 0.577. The molecule has 1 N–H and O–H groups in total. The number of hydrogen-bond acceptors (Lipinski definition) is 3. The molecule has 0 atom stereocenters. The van der Waals surface area contributed by atoms with E-state index in [0.717, 1.165) is 10.0 Å². The standard InChI is InChI=1S/C18H14BrClN2O2/c1-11-3-5-14(20)9-16(11)22-18(23)13(10-21)7-12-4-6-17(24-2)15(19)8-12/h3-9H,1-2H3,(H,22,23)/b13-7+. The summed E-state index contributed by atoms with van der Waals surface area (Å²) in [5.74, 6) is 0.180. The average molecular weight is 406 g/mol. The van der Waals surface area contributed by atoms with Crippen molar-refractivity contribution in [2.75, 3.05) is 12.4 Å². The second kappa shape index (κ2) is 8.00. The highest BCUT2D eigenvalue weighted by atomic mass is 79.9. The van der Waals surface area contributed by atoms with E-state index in [2.05, 4.69) is 21.2 Å². The number of nitrogens with one attached hydrogen (secondary N) is 1. The monoisotopic (exact) mass is 404 g/mol. The van der Waals surface area contributed by atoms with Gasteiger partial charge in [-0.15, -0.1) is 0 Å². The van der Waals surface area contributed by atoms with Crippen LogP contribution in [0.2, 0.25) is 5.02 Å². The molecule has 122 valence electrons. The zero-order valence-electron chi connectivity index (χ0n) is 13.1. The first-order valence-electron chi connectivity index (χ1n) is 6.97. The van der Waals surface area contributed by atoms with Crippen molar-refractivity contribution in [3.8, 4) is 11.8 Å². The van der Waals surface area contributed by atoms with Gasteiger partial charge in [-0.25, -0.2) is 0 Å². The Balaban J connectivity index is 2.27. The van der Waals surface area contributed by atoms with Gasteiger partial charge in [-0.2, -0.15) is 5.26 Å². The summed E-state index contributed by atoms with van der Waals surface area (Å²) in [4.78, 5) is 12.3. The van der Waals surface area contributed by atoms with Crippen molar-refractivity contribution >= 4 is 45.2 Å². The van der Waals surface area contributed by atoms with Crippen LogP contribution in [0.3, 0.4) is 0 Å². The molecule has 0 heterocycles. The van der Waals surface area contributed by atoms with Crippen LogP contribution in [0.1, 0.15) is 11.1 Å². The van der Waals surface area contributed by atoms with Gasteiger partial charge in [0.15, 0.2) is 0 Å². The number of ether oxygens (including phenoxy) is 1. The van der Waals surface area contributed by atoms with Crippen LogP contribution in [-0.4, -0.2) is 13.0 Å². The maximum absolute atomic E-state index is 12.3. The van der Waals surface area contributed by atoms with Crippen molar-refractivity contribution in [1.82, 2.24) is 0 Å². The number of carbonyl (C=O) groups is 1. The first-order valence-corrected chi connectivity index (χ1v) is 8.14. The summed E-state index contributed by atoms with van der Waals surface area (Å²) in [6.07, 6.45) is 1.51. The summed E-state index contributed by atoms with van der Waals surface area (Å²) in [6, 6.07) is 12.4. The first-order chi connectivity index (χ1) is 11.4. The van der Waals surface area contributed by atoms with Crippen LogP contribution < -0.4 is 10.1 Å². The maximum atomic E-state index is 12.3. The van der Waals surface area contributed by atoms with Crippen LogP contribution in [0.25, 0.3) is 6.08 Å². The number of nitrogens with zero attached hydrogens (tertiary/aromatic N) is 1. The zero-order valence-corrected chi connectivity index (χ0v) is 15.4. The van der Waals surface area contributed by atoms with E-state index in [1.54, 1.807) is 43.5 Å². The van der Waals surface area contributed by atoms with Gasteiger partial charge in [-0.3, -0.25) is 4.79 Å². The maximum Gasteiger partial charge on any atom is 0.266 e. The number of nitriles is 1. The van der Waals surface area contributed by atoms with Crippen LogP contribution in [0.4, 0.5) is 5.69 Å². The lowest BCUT2D eigenvalue weighted by Crippen LogP contribution is -2.14. The van der Waals surface area contributed by atoms with Crippen molar-refractivity contribution in [2.24, 2.45) is 0 Å². The number of carbonyl (C=O) groups excluding carboxylic acids is 1. The summed E-state index contributed by atoms with van der Waals surface area (Å²) in [5, 5.41) is 12.5. The van der Waals surface area contributed by atoms with E-state index in [0.29, 0.717) is 22.0 Å². The van der Waals surface area contributed by atoms with E-state index in [9.17, 15) is 10.1 Å². The Kier molecular flexibility index (Phi) is 6.02. The minimum absolute atomic E-state index is 0.00792. The lowest BCUT2D eigenvalue weighted by Gasteiger charge is -2.08. The fraction of sp³-hybridized carbons (Fsp3) is 0.111. The molecule has 0 aliphatic carbocycles. The first kappa shape index (κ1) is 18.1. The second-order valence-corrected chi connectivity index (χ2v) is 6.27. The zero-order chi connectivity index (χ0) is 17.7. The van der Waals surface area contributed by atoms with Crippen LogP contribution in [0.5, 0.6) is 5.75 Å². The Morgan fingerprint density at radius 1 is 1.33 bits per heavy atom. The van der Waals surface area contributed by atoms with Crippen LogP contribution in [0.15, 0.2) is 46.4 Å². The van der Waals surface area contributed by atoms with Crippen LogP contribution >= 0.6 is 27.5 Å². The van der Waals surface area contributed by atoms with Gasteiger partial charge in [-0.1, -0.05) is 23.7 Å². The summed E-state index contributed by atoms with van der Waals surface area (Å²) in [5.41, 5.74) is 2.13. The number of rotatable bonds is 4. The Hall–Kier alpha value is -2.29. The molecule has 0 radical (unpaired) electrons. The highest BCUT2D eigenvalue weighted by Crippen LogP contribution is 2.27. The minimum Gasteiger partial charge on any atom is -0.496 e. The summed E-state index contributed by atoms with van der Waals surface area (Å²) in [7, 11) is 1.57. The number of aryl methyl sites for hydroxylation is 1. The molecule has 4 nitrogen and oxygen atoms in total. The topological polar surface area (TPSA) is 62.1 Å². The Labute approximate surface area is 153 Å². The van der Waals surface area contributed by atoms with E-state index in [1.807, 2.05) is 13.0 Å². The van der Waals surface area contributed by atoms with Crippen LogP contribution in [0, 0.1) is 18.3 Å². The lowest BCUT2D eigenvalue weighted by atomic mass is 10.1. The van der Waals surface area contributed by atoms with Crippen molar-refractivity contribution in [1.29, 1.82) is 5.26 Å². The number of halogens is 2. The molecule has 0 aromatic heterocycles. The largest absolute Gasteiger partial charge is 0.496 e. The smallest absolute Gasteiger partial charge is 0.266 e. The van der Waals surface area contributed by atoms with E-state index >= 15 is 0 Å². The SMILES string of the molecule is COc1ccc(/C=C(\C#N)C(=O)Nc2cc(Cl)ccc2C)cc1Br. The second-order valence-electron chi connectivity index (χ2n) is 4.98. The molecule has 1 amide bonds. The minimum atomic E-state index is -0.491. The Morgan fingerprint density at radius 2 is 2.08 bits per heavy atom. The summed E-state index contributed by atoms with van der Waals surface area (Å²) in [6.45, 7) is 1.85. The molecule has 2 aromatic rings. The van der Waals surface area contributed by atoms with Gasteiger partial charge in [0.2, 0.25) is 0 Å². The molecular weight excluding hydrogens is 392 g/mol. The third kappa shape index (κ3) is 4.38. The Morgan fingerprint density at radius 3 is 2.71 bits per heavy atom. The van der Waals surface area contributed by atoms with E-state index in [1.165, 1.54) is 6.08 Å². The molecule has 0 spiro atoms. The molecule has 2 rings (SSSR count). The molecule has 0 aliphatic rings. The molecule has 2 aromatic carbocycles. The van der Waals surface area contributed by atoms with E-state index in [-0.39, 0.29) is 5.57 Å². The number of hydrogen-bond donors (Lipinski definition) is 1. The molecule has 0 fully saturated rings. The number of amides is 1. The normalized spacial score (nSPS) is 10.9. The molecule has 0 bridgehead atoms. The predicted octanol–water partition coefficient (Wildman–Crippen LogP) is 4.97. The Bertz CT molecular complexity index is 857. The predicted molar refractivity (Wildman–Crippen MR) is 99.1 cm³/mol. The van der Waals surface area contributed by atoms with Crippen molar-refractivity contribution < 1.29 is 9.53 Å². The third-order valence-corrected chi connectivity index (χ3v) is 4.15. The van der Waals surface area contributed by atoms with Gasteiger partial charge in [0.1, 0.15) is 17.4 Å². The average Bonchev–Trinajstić information content (AvgIpc) is 2.56. The number of methoxy groups -OCH3 is 1. The molecule has 6 heteroatoms. The van der Waals surface area contributed by atoms with Crippen LogP contribution in [-0.2, 0) is 4.79 Å². The highest BCUT2D eigenvalue weighted by molar-refractivity contribution is 9.10. The van der Waals surface area contributed by atoms with Gasteiger partial charge >= 0.3 is 0 Å². The van der Waals surface area contributed by atoms with Gasteiger partial charge < -0.3 is 10.1 Å². The van der Waals surface area contributed by atoms with Gasteiger partial charge in [0, 0.05) is 10.7 Å². The summed E-state index contributed by atoms with van der Waals surface area (Å²) >= 11 is 9.32. The molecule has 0 aliphatic heterocycles. The number of benzene rings is 2. The highest BCUT2D eigenvalue weighted by Gasteiger charge is 2.12. The van der Waals surface area contributed by atoms with Gasteiger partial charge in [0.05, 0.1) is 11.6 Å². The van der Waals surface area contributed by atoms with E-state index in [4.69, 9.17) is 16.3 Å². The molecule has 0 unspecified atom stereocenters. The van der Waals surface area contributed by atoms with Gasteiger partial charge in [-0.05, 0) is 64.3 Å². The van der Waals surface area contributed by atoms with Crippen molar-refractivity contribution in [3.05, 3.63) is 62.6 Å². The van der Waals surface area contributed by atoms with Crippen molar-refractivity contribution in [2.45, 2.75) is 6.92 Å². The van der Waals surface area contributed by atoms with Gasteiger partial charge in [0.25, 0.3) is 5.91 Å². The molecule has 0 saturated heterocycles. The fourth-order valence-corrected chi connectivity index (χ4v) is 2.74. The van der Waals surface area contributed by atoms with Crippen molar-refractivity contribution in [3.63, 3.8) is 0 Å². The lowest BCUT2D eigenvalue weighted by molar-refractivity contribution is -0.112. The molecule has 0 saturated carbocycles. The number of anilines is 1. The molecule has 24 heavy (non-hydrogen) atoms. The third-order valence-electron chi connectivity index (χ3n) is 3.30. The van der Waals surface area contributed by atoms with E-state index < -0.39 is 5.91 Å². The molecular formula is C18H14BrClN2O2. The summed E-state index contributed by atoms with van der Waals surface area (Å²) < 4.78 is 5.90. The fourth-order valence-electron chi connectivity index (χ4n) is 2.01.